The molecule has 1 N–H and O–H groups in total. The maximum atomic E-state index is 12.6. The molecule has 0 aliphatic rings. The summed E-state index contributed by atoms with van der Waals surface area (Å²) in [6.45, 7) is 0.405. The van der Waals surface area contributed by atoms with Crippen LogP contribution >= 0.6 is 15.9 Å². The second kappa shape index (κ2) is 13.5. The maximum absolute atomic E-state index is 12.6. The van der Waals surface area contributed by atoms with Crippen LogP contribution in [0.25, 0.3) is 0 Å². The van der Waals surface area contributed by atoms with Crippen LogP contribution in [0.5, 0.6) is 11.5 Å². The predicted octanol–water partition coefficient (Wildman–Crippen LogP) is 6.61. The smallest absolute Gasteiger partial charge is 0.497 e. The molecule has 4 rings (SSSR count). The fourth-order valence-electron chi connectivity index (χ4n) is 3.97. The van der Waals surface area contributed by atoms with E-state index in [9.17, 15) is 23.1 Å². The Morgan fingerprint density at radius 1 is 0.976 bits per heavy atom. The number of nitrogens with zero attached hydrogens (tertiary/aromatic N) is 2. The monoisotopic (exact) mass is 630 g/mol. The zero-order valence-electron chi connectivity index (χ0n) is 21.8. The Hall–Kier alpha value is -4.09. The summed E-state index contributed by atoms with van der Waals surface area (Å²) >= 11 is 3.42. The van der Waals surface area contributed by atoms with Crippen LogP contribution < -0.4 is 15.0 Å². The third-order valence-electron chi connectivity index (χ3n) is 6.01. The molecular formula is C30H26BrF3N2O5. The van der Waals surface area contributed by atoms with E-state index in [0.29, 0.717) is 23.4 Å². The summed E-state index contributed by atoms with van der Waals surface area (Å²) in [4.78, 5) is 18.1. The van der Waals surface area contributed by atoms with E-state index in [1.807, 2.05) is 24.3 Å². The molecule has 0 saturated heterocycles. The summed E-state index contributed by atoms with van der Waals surface area (Å²) in [6, 6.07) is 22.7. The van der Waals surface area contributed by atoms with Gasteiger partial charge in [0.2, 0.25) is 0 Å². The molecule has 0 saturated carbocycles. The van der Waals surface area contributed by atoms with Gasteiger partial charge in [-0.15, -0.1) is 13.2 Å². The lowest BCUT2D eigenvalue weighted by Crippen LogP contribution is -2.21. The minimum absolute atomic E-state index is 0.0445. The van der Waals surface area contributed by atoms with Crippen molar-refractivity contribution in [2.45, 2.75) is 32.0 Å². The number of rotatable bonds is 11. The Bertz CT molecular complexity index is 1540. The molecule has 41 heavy (non-hydrogen) atoms. The summed E-state index contributed by atoms with van der Waals surface area (Å²) in [5, 5.41) is 15.3. The molecule has 1 atom stereocenters. The first-order valence-corrected chi connectivity index (χ1v) is 13.2. The molecule has 214 valence electrons. The number of hydrogen-bond donors (Lipinski definition) is 1. The van der Waals surface area contributed by atoms with Crippen LogP contribution in [0.3, 0.4) is 0 Å². The van der Waals surface area contributed by atoms with Gasteiger partial charge in [-0.1, -0.05) is 45.4 Å². The number of alkyl halides is 3. The molecule has 0 bridgehead atoms. The standard InChI is InChI=1S/C30H26BrF3N2O5/c1-39-25-10-5-20(6-11-25)19-40-35-27(22-7-12-26(13-8-22)41-30(32,33)34)16-28(37)23-9-14-29(38)36(18-23)17-21-3-2-4-24(31)15-21/h2-15,18,28,37H,16-17,19H2,1H3/b35-27-. The van der Waals surface area contributed by atoms with E-state index in [1.54, 1.807) is 37.6 Å². The van der Waals surface area contributed by atoms with Gasteiger partial charge in [0.1, 0.15) is 18.1 Å². The topological polar surface area (TPSA) is 82.3 Å². The van der Waals surface area contributed by atoms with Crippen LogP contribution in [0.4, 0.5) is 13.2 Å². The molecule has 0 radical (unpaired) electrons. The van der Waals surface area contributed by atoms with Crippen molar-refractivity contribution in [3.63, 3.8) is 0 Å². The molecule has 1 heterocycles. The van der Waals surface area contributed by atoms with Crippen LogP contribution in [0, 0.1) is 0 Å². The lowest BCUT2D eigenvalue weighted by atomic mass is 10.0. The highest BCUT2D eigenvalue weighted by Crippen LogP contribution is 2.25. The van der Waals surface area contributed by atoms with Crippen LogP contribution in [0.15, 0.2) is 106 Å². The van der Waals surface area contributed by atoms with Gasteiger partial charge in [-0.2, -0.15) is 0 Å². The second-order valence-electron chi connectivity index (χ2n) is 9.01. The first-order chi connectivity index (χ1) is 19.6. The van der Waals surface area contributed by atoms with Crippen molar-refractivity contribution in [1.29, 1.82) is 0 Å². The number of methoxy groups -OCH3 is 1. The van der Waals surface area contributed by atoms with Crippen LogP contribution in [0.1, 0.15) is 34.8 Å². The van der Waals surface area contributed by atoms with Crippen LogP contribution in [0.2, 0.25) is 0 Å². The summed E-state index contributed by atoms with van der Waals surface area (Å²) in [6.07, 6.45) is -4.39. The molecule has 0 aliphatic carbocycles. The highest BCUT2D eigenvalue weighted by atomic mass is 79.9. The number of ether oxygens (including phenoxy) is 2. The van der Waals surface area contributed by atoms with E-state index in [-0.39, 0.29) is 30.0 Å². The number of aliphatic hydroxyl groups is 1. The predicted molar refractivity (Wildman–Crippen MR) is 151 cm³/mol. The molecule has 7 nitrogen and oxygen atoms in total. The van der Waals surface area contributed by atoms with Crippen molar-refractivity contribution in [1.82, 2.24) is 4.57 Å². The number of benzene rings is 3. The van der Waals surface area contributed by atoms with E-state index < -0.39 is 12.5 Å². The van der Waals surface area contributed by atoms with Gasteiger partial charge in [0.05, 0.1) is 25.5 Å². The lowest BCUT2D eigenvalue weighted by Gasteiger charge is -2.16. The maximum Gasteiger partial charge on any atom is 0.573 e. The van der Waals surface area contributed by atoms with Crippen LogP contribution in [-0.4, -0.2) is 28.9 Å². The highest BCUT2D eigenvalue weighted by Gasteiger charge is 2.31. The fourth-order valence-corrected chi connectivity index (χ4v) is 4.41. The van der Waals surface area contributed by atoms with E-state index in [1.165, 1.54) is 28.8 Å². The van der Waals surface area contributed by atoms with Crippen molar-refractivity contribution >= 4 is 21.6 Å². The van der Waals surface area contributed by atoms with Crippen molar-refractivity contribution in [2.24, 2.45) is 5.16 Å². The van der Waals surface area contributed by atoms with Gasteiger partial charge in [-0.3, -0.25) is 4.79 Å². The summed E-state index contributed by atoms with van der Waals surface area (Å²) < 4.78 is 49.3. The Morgan fingerprint density at radius 3 is 2.34 bits per heavy atom. The highest BCUT2D eigenvalue weighted by molar-refractivity contribution is 9.10. The molecule has 3 aromatic carbocycles. The first kappa shape index (κ1) is 29.9. The summed E-state index contributed by atoms with van der Waals surface area (Å²) in [5.41, 5.74) is 2.63. The third kappa shape index (κ3) is 8.95. The fraction of sp³-hybridized carbons (Fsp3) is 0.200. The Morgan fingerprint density at radius 2 is 1.68 bits per heavy atom. The average molecular weight is 631 g/mol. The Balaban J connectivity index is 1.56. The number of halogens is 4. The molecule has 4 aromatic rings. The van der Waals surface area contributed by atoms with E-state index >= 15 is 0 Å². The first-order valence-electron chi connectivity index (χ1n) is 12.4. The van der Waals surface area contributed by atoms with E-state index in [2.05, 4.69) is 25.8 Å². The van der Waals surface area contributed by atoms with Gasteiger partial charge in [0.15, 0.2) is 0 Å². The number of pyridine rings is 1. The van der Waals surface area contributed by atoms with Gasteiger partial charge >= 0.3 is 6.36 Å². The minimum atomic E-state index is -4.82. The molecule has 0 fully saturated rings. The van der Waals surface area contributed by atoms with Gasteiger partial charge in [-0.05, 0) is 76.9 Å². The van der Waals surface area contributed by atoms with Crippen molar-refractivity contribution in [3.8, 4) is 11.5 Å². The van der Waals surface area contributed by atoms with Gasteiger partial charge in [0.25, 0.3) is 5.56 Å². The molecule has 1 unspecified atom stereocenters. The van der Waals surface area contributed by atoms with Crippen molar-refractivity contribution < 1.29 is 32.6 Å². The number of hydrogen-bond acceptors (Lipinski definition) is 6. The molecule has 0 amide bonds. The summed E-state index contributed by atoms with van der Waals surface area (Å²) in [7, 11) is 1.56. The number of aromatic nitrogens is 1. The molecular weight excluding hydrogens is 605 g/mol. The number of oxime groups is 1. The van der Waals surface area contributed by atoms with E-state index in [0.717, 1.165) is 27.7 Å². The second-order valence-corrected chi connectivity index (χ2v) is 9.93. The number of aliphatic hydroxyl groups excluding tert-OH is 1. The Kier molecular flexibility index (Phi) is 9.85. The van der Waals surface area contributed by atoms with Gasteiger partial charge < -0.3 is 24.0 Å². The molecule has 0 aliphatic heterocycles. The SMILES string of the molecule is COc1ccc(CO/N=C(/CC(O)c2ccc(=O)n(Cc3cccc(Br)c3)c2)c2ccc(OC(F)(F)F)cc2)cc1. The summed E-state index contributed by atoms with van der Waals surface area (Å²) in [5.74, 6) is 0.295. The third-order valence-corrected chi connectivity index (χ3v) is 6.50. The molecule has 11 heteroatoms. The lowest BCUT2D eigenvalue weighted by molar-refractivity contribution is -0.274. The normalized spacial score (nSPS) is 12.6. The average Bonchev–Trinajstić information content (AvgIpc) is 2.93. The molecule has 0 spiro atoms. The largest absolute Gasteiger partial charge is 0.573 e. The van der Waals surface area contributed by atoms with Crippen LogP contribution in [-0.2, 0) is 18.0 Å². The van der Waals surface area contributed by atoms with Gasteiger partial charge in [0, 0.05) is 23.2 Å². The zero-order valence-corrected chi connectivity index (χ0v) is 23.4. The minimum Gasteiger partial charge on any atom is -0.497 e. The zero-order chi connectivity index (χ0) is 29.4. The van der Waals surface area contributed by atoms with Crippen molar-refractivity contribution in [2.75, 3.05) is 7.11 Å². The van der Waals surface area contributed by atoms with Gasteiger partial charge in [-0.25, -0.2) is 0 Å². The van der Waals surface area contributed by atoms with E-state index in [4.69, 9.17) is 9.57 Å². The molecule has 1 aromatic heterocycles. The van der Waals surface area contributed by atoms with Crippen molar-refractivity contribution in [3.05, 3.63) is 128 Å². The quantitative estimate of drug-likeness (QED) is 0.149. The Labute approximate surface area is 242 Å².